The van der Waals surface area contributed by atoms with Crippen molar-refractivity contribution in [1.82, 2.24) is 14.5 Å². The molecule has 1 amide bonds. The Morgan fingerprint density at radius 1 is 1.56 bits per heavy atom. The Hall–Kier alpha value is -2.22. The molecule has 0 saturated carbocycles. The van der Waals surface area contributed by atoms with Crippen molar-refractivity contribution in [3.8, 4) is 0 Å². The molecule has 1 rings (SSSR count). The molecule has 1 radical (unpaired) electrons. The number of nitrogens with zero attached hydrogens (tertiary/aromatic N) is 3. The van der Waals surface area contributed by atoms with E-state index in [4.69, 9.17) is 11.5 Å². The second kappa shape index (κ2) is 6.50. The van der Waals surface area contributed by atoms with Crippen molar-refractivity contribution >= 4 is 18.0 Å². The molecule has 0 aliphatic rings. The lowest BCUT2D eigenvalue weighted by Crippen LogP contribution is -2.40. The third kappa shape index (κ3) is 3.67. The minimum Gasteiger partial charge on any atom is -0.383 e. The first-order valence-electron chi connectivity index (χ1n) is 5.24. The van der Waals surface area contributed by atoms with Crippen LogP contribution in [-0.4, -0.2) is 46.3 Å². The molecule has 8 heteroatoms. The van der Waals surface area contributed by atoms with Crippen molar-refractivity contribution in [2.24, 2.45) is 5.73 Å². The summed E-state index contributed by atoms with van der Waals surface area (Å²) < 4.78 is 1.10. The van der Waals surface area contributed by atoms with Crippen LogP contribution in [0.25, 0.3) is 0 Å². The van der Waals surface area contributed by atoms with Gasteiger partial charge < -0.3 is 16.4 Å². The average molecular weight is 252 g/mol. The molecule has 0 aliphatic heterocycles. The van der Waals surface area contributed by atoms with Gasteiger partial charge in [-0.05, 0) is 6.07 Å². The number of carbonyl (C=O) groups is 1. The Bertz CT molecular complexity index is 485. The molecular formula is C10H14N5O3. The van der Waals surface area contributed by atoms with Gasteiger partial charge in [0.1, 0.15) is 12.4 Å². The molecule has 1 aromatic heterocycles. The molecule has 8 nitrogen and oxygen atoms in total. The van der Waals surface area contributed by atoms with Crippen LogP contribution in [0, 0.1) is 0 Å². The van der Waals surface area contributed by atoms with Crippen LogP contribution in [-0.2, 0) is 16.1 Å². The fraction of sp³-hybridized carbons (Fsp3) is 0.400. The fourth-order valence-electron chi connectivity index (χ4n) is 1.33. The maximum absolute atomic E-state index is 11.8. The van der Waals surface area contributed by atoms with Gasteiger partial charge in [0.25, 0.3) is 0 Å². The van der Waals surface area contributed by atoms with Crippen molar-refractivity contribution in [3.63, 3.8) is 0 Å². The summed E-state index contributed by atoms with van der Waals surface area (Å²) in [6.45, 7) is 0.0640. The minimum atomic E-state index is -0.619. The molecule has 4 N–H and O–H groups in total. The summed E-state index contributed by atoms with van der Waals surface area (Å²) in [6.07, 6.45) is 2.99. The maximum Gasteiger partial charge on any atom is 0.349 e. The molecule has 97 valence electrons. The Balaban J connectivity index is 2.78. The van der Waals surface area contributed by atoms with Gasteiger partial charge in [0.2, 0.25) is 12.2 Å². The van der Waals surface area contributed by atoms with Crippen molar-refractivity contribution in [2.75, 3.05) is 25.4 Å². The average Bonchev–Trinajstić information content (AvgIpc) is 2.32. The van der Waals surface area contributed by atoms with E-state index in [1.165, 1.54) is 17.2 Å². The zero-order chi connectivity index (χ0) is 13.5. The van der Waals surface area contributed by atoms with Crippen LogP contribution < -0.4 is 17.2 Å². The zero-order valence-electron chi connectivity index (χ0n) is 9.70. The molecular weight excluding hydrogens is 238 g/mol. The van der Waals surface area contributed by atoms with E-state index in [0.717, 1.165) is 4.57 Å². The van der Waals surface area contributed by atoms with Gasteiger partial charge in [-0.3, -0.25) is 14.2 Å². The van der Waals surface area contributed by atoms with E-state index in [1.54, 1.807) is 6.29 Å². The fourth-order valence-corrected chi connectivity index (χ4v) is 1.33. The van der Waals surface area contributed by atoms with Crippen LogP contribution in [0.15, 0.2) is 17.1 Å². The molecule has 0 spiro atoms. The van der Waals surface area contributed by atoms with E-state index in [9.17, 15) is 14.4 Å². The highest BCUT2D eigenvalue weighted by Gasteiger charge is 2.13. The van der Waals surface area contributed by atoms with Gasteiger partial charge in [-0.15, -0.1) is 0 Å². The molecule has 0 atom stereocenters. The van der Waals surface area contributed by atoms with E-state index < -0.39 is 11.6 Å². The van der Waals surface area contributed by atoms with Gasteiger partial charge in [0.05, 0.1) is 6.54 Å². The topological polar surface area (TPSA) is 124 Å². The van der Waals surface area contributed by atoms with Crippen molar-refractivity contribution in [1.29, 1.82) is 0 Å². The smallest absolute Gasteiger partial charge is 0.349 e. The van der Waals surface area contributed by atoms with Gasteiger partial charge in [-0.2, -0.15) is 4.98 Å². The molecule has 0 saturated heterocycles. The number of hydrogen-bond donors (Lipinski definition) is 2. The van der Waals surface area contributed by atoms with Crippen molar-refractivity contribution in [3.05, 3.63) is 22.7 Å². The van der Waals surface area contributed by atoms with E-state index in [-0.39, 0.29) is 32.0 Å². The molecule has 1 aromatic rings. The highest BCUT2D eigenvalue weighted by molar-refractivity contribution is 5.78. The highest BCUT2D eigenvalue weighted by Crippen LogP contribution is 1.93. The van der Waals surface area contributed by atoms with Crippen LogP contribution in [0.2, 0.25) is 0 Å². The van der Waals surface area contributed by atoms with Gasteiger partial charge in [0.15, 0.2) is 0 Å². The van der Waals surface area contributed by atoms with E-state index in [1.807, 2.05) is 0 Å². The van der Waals surface area contributed by atoms with E-state index in [2.05, 4.69) is 4.98 Å². The first-order valence-corrected chi connectivity index (χ1v) is 5.24. The number of anilines is 1. The second-order valence-corrected chi connectivity index (χ2v) is 3.51. The maximum atomic E-state index is 11.8. The minimum absolute atomic E-state index is 0.0868. The Morgan fingerprint density at radius 2 is 2.28 bits per heavy atom. The van der Waals surface area contributed by atoms with Crippen molar-refractivity contribution in [2.45, 2.75) is 6.54 Å². The second-order valence-electron chi connectivity index (χ2n) is 3.51. The van der Waals surface area contributed by atoms with Gasteiger partial charge in [0, 0.05) is 19.3 Å². The Labute approximate surface area is 103 Å². The summed E-state index contributed by atoms with van der Waals surface area (Å²) in [5, 5.41) is 0. The number of hydrogen-bond acceptors (Lipinski definition) is 6. The predicted octanol–water partition coefficient (Wildman–Crippen LogP) is -2.28. The number of rotatable bonds is 6. The molecule has 18 heavy (non-hydrogen) atoms. The van der Waals surface area contributed by atoms with Gasteiger partial charge >= 0.3 is 5.69 Å². The number of amides is 1. The molecule has 1 heterocycles. The normalized spacial score (nSPS) is 10.1. The molecule has 0 bridgehead atoms. The zero-order valence-corrected chi connectivity index (χ0v) is 9.70. The third-order valence-corrected chi connectivity index (χ3v) is 2.21. The van der Waals surface area contributed by atoms with E-state index >= 15 is 0 Å². The van der Waals surface area contributed by atoms with E-state index in [0.29, 0.717) is 0 Å². The predicted molar refractivity (Wildman–Crippen MR) is 64.2 cm³/mol. The van der Waals surface area contributed by atoms with Gasteiger partial charge in [-0.1, -0.05) is 0 Å². The molecule has 0 aliphatic carbocycles. The first kappa shape index (κ1) is 13.8. The van der Waals surface area contributed by atoms with Crippen LogP contribution in [0.5, 0.6) is 0 Å². The monoisotopic (exact) mass is 252 g/mol. The Morgan fingerprint density at radius 3 is 2.83 bits per heavy atom. The first-order chi connectivity index (χ1) is 8.58. The lowest BCUT2D eigenvalue weighted by atomic mass is 10.4. The Kier molecular flexibility index (Phi) is 5.00. The summed E-state index contributed by atoms with van der Waals surface area (Å²) >= 11 is 0. The van der Waals surface area contributed by atoms with Gasteiger partial charge in [-0.25, -0.2) is 4.79 Å². The molecule has 0 aromatic carbocycles. The summed E-state index contributed by atoms with van der Waals surface area (Å²) in [7, 11) is 0. The summed E-state index contributed by atoms with van der Waals surface area (Å²) in [6, 6.07) is 1.41. The lowest BCUT2D eigenvalue weighted by Gasteiger charge is -2.19. The van der Waals surface area contributed by atoms with Crippen LogP contribution in [0.1, 0.15) is 0 Å². The summed E-state index contributed by atoms with van der Waals surface area (Å²) in [5.74, 6) is -0.318. The molecule has 0 fully saturated rings. The summed E-state index contributed by atoms with van der Waals surface area (Å²) in [5.41, 5.74) is 10.0. The number of carbonyl (C=O) groups excluding carboxylic acids is 2. The third-order valence-electron chi connectivity index (χ3n) is 2.21. The van der Waals surface area contributed by atoms with Crippen LogP contribution >= 0.6 is 0 Å². The van der Waals surface area contributed by atoms with Crippen LogP contribution in [0.4, 0.5) is 5.82 Å². The number of nitrogens with two attached hydrogens (primary N) is 2. The standard InChI is InChI=1S/C10H14N5O3/c11-2-4-14(5-6-16)9(17)7-15-3-1-8(12)13-10(15)18/h1,3H,2,4-5,7,11H2,(H2,12,13,18). The molecule has 0 unspecified atom stereocenters. The van der Waals surface area contributed by atoms with Crippen LogP contribution in [0.3, 0.4) is 0 Å². The quantitative estimate of drug-likeness (QED) is 0.588. The largest absolute Gasteiger partial charge is 0.383 e. The highest BCUT2D eigenvalue weighted by atomic mass is 16.2. The summed E-state index contributed by atoms with van der Waals surface area (Å²) in [4.78, 5) is 38.2. The number of aromatic nitrogens is 2. The number of nitrogen functional groups attached to an aromatic ring is 1. The SMILES string of the molecule is NCCN(C[C]=O)C(=O)Cn1ccc(N)nc1=O. The lowest BCUT2D eigenvalue weighted by molar-refractivity contribution is -0.131. The van der Waals surface area contributed by atoms with Crippen molar-refractivity contribution < 1.29 is 9.59 Å².